The zero-order chi connectivity index (χ0) is 20.1. The van der Waals surface area contributed by atoms with E-state index in [1.165, 1.54) is 4.31 Å². The summed E-state index contributed by atoms with van der Waals surface area (Å²) in [7, 11) is -3.31. The van der Waals surface area contributed by atoms with Gasteiger partial charge in [0.1, 0.15) is 5.60 Å². The maximum Gasteiger partial charge on any atom is 0.335 e. The fourth-order valence-corrected chi connectivity index (χ4v) is 5.55. The lowest BCUT2D eigenvalue weighted by atomic mass is 9.83. The summed E-state index contributed by atoms with van der Waals surface area (Å²) < 4.78 is 31.5. The van der Waals surface area contributed by atoms with Gasteiger partial charge in [0.25, 0.3) is 5.91 Å². The third kappa shape index (κ3) is 2.86. The number of anilines is 1. The number of rotatable bonds is 3. The van der Waals surface area contributed by atoms with Crippen molar-refractivity contribution in [2.45, 2.75) is 38.7 Å². The average molecular weight is 404 g/mol. The first-order chi connectivity index (χ1) is 13.3. The van der Waals surface area contributed by atoms with Gasteiger partial charge in [-0.25, -0.2) is 17.5 Å². The summed E-state index contributed by atoms with van der Waals surface area (Å²) in [6.07, 6.45) is 1.37. The van der Waals surface area contributed by atoms with Crippen LogP contribution in [0, 0.1) is 0 Å². The smallest absolute Gasteiger partial charge is 0.335 e. The molecule has 4 rings (SSSR count). The number of hydrogen-bond acceptors (Lipinski definition) is 5. The molecule has 28 heavy (non-hydrogen) atoms. The third-order valence-corrected chi connectivity index (χ3v) is 7.94. The summed E-state index contributed by atoms with van der Waals surface area (Å²) in [6.45, 7) is 4.28. The molecule has 0 aliphatic carbocycles. The molecule has 1 amide bonds. The van der Waals surface area contributed by atoms with Crippen molar-refractivity contribution in [1.29, 1.82) is 0 Å². The van der Waals surface area contributed by atoms with Crippen LogP contribution in [-0.2, 0) is 30.8 Å². The molecule has 3 aliphatic rings. The molecule has 0 N–H and O–H groups in total. The molecule has 0 radical (unpaired) electrons. The van der Waals surface area contributed by atoms with Crippen molar-refractivity contribution in [2.75, 3.05) is 30.3 Å². The normalized spacial score (nSPS) is 21.9. The standard InChI is InChI=1S/C20H24N2O5S/c1-3-28(25,26)21-12-9-20(10-13-21)17(14(2)19(24)27-20)18(23)22-11-8-15-6-4-5-7-16(15)22/h4-7H,3,8-13H2,1-2H3. The van der Waals surface area contributed by atoms with Gasteiger partial charge in [0.2, 0.25) is 10.0 Å². The van der Waals surface area contributed by atoms with Crippen LogP contribution in [0.25, 0.3) is 0 Å². The largest absolute Gasteiger partial charge is 0.450 e. The van der Waals surface area contributed by atoms with Crippen LogP contribution < -0.4 is 4.90 Å². The second kappa shape index (κ2) is 6.70. The SMILES string of the molecule is CCS(=O)(=O)N1CCC2(CC1)OC(=O)C(C)=C2C(=O)N1CCc2ccccc21. The molecule has 0 saturated carbocycles. The van der Waals surface area contributed by atoms with E-state index >= 15 is 0 Å². The minimum absolute atomic E-state index is 0.0327. The molecule has 0 aromatic heterocycles. The van der Waals surface area contributed by atoms with Crippen molar-refractivity contribution in [3.05, 3.63) is 41.0 Å². The lowest BCUT2D eigenvalue weighted by molar-refractivity contribution is -0.149. The molecule has 1 aromatic rings. The van der Waals surface area contributed by atoms with Crippen LogP contribution in [0.15, 0.2) is 35.4 Å². The van der Waals surface area contributed by atoms with Crippen LogP contribution in [0.3, 0.4) is 0 Å². The van der Waals surface area contributed by atoms with E-state index in [-0.39, 0.29) is 24.7 Å². The second-order valence-corrected chi connectivity index (χ2v) is 9.78. The molecule has 7 nitrogen and oxygen atoms in total. The van der Waals surface area contributed by atoms with E-state index in [0.717, 1.165) is 17.7 Å². The summed E-state index contributed by atoms with van der Waals surface area (Å²) in [5.41, 5.74) is 1.67. The van der Waals surface area contributed by atoms with Crippen molar-refractivity contribution >= 4 is 27.6 Å². The maximum absolute atomic E-state index is 13.5. The van der Waals surface area contributed by atoms with Crippen LogP contribution in [0.5, 0.6) is 0 Å². The Morgan fingerprint density at radius 1 is 1.18 bits per heavy atom. The van der Waals surface area contributed by atoms with Gasteiger partial charge in [0.05, 0.1) is 11.3 Å². The van der Waals surface area contributed by atoms with Gasteiger partial charge in [-0.15, -0.1) is 0 Å². The van der Waals surface area contributed by atoms with E-state index in [2.05, 4.69) is 0 Å². The summed E-state index contributed by atoms with van der Waals surface area (Å²) >= 11 is 0. The summed E-state index contributed by atoms with van der Waals surface area (Å²) in [5, 5.41) is 0. The molecule has 1 spiro atoms. The number of benzene rings is 1. The van der Waals surface area contributed by atoms with Gasteiger partial charge >= 0.3 is 5.97 Å². The van der Waals surface area contributed by atoms with Crippen molar-refractivity contribution in [3.8, 4) is 0 Å². The van der Waals surface area contributed by atoms with Crippen LogP contribution in [0.2, 0.25) is 0 Å². The highest BCUT2D eigenvalue weighted by molar-refractivity contribution is 7.89. The molecule has 8 heteroatoms. The molecule has 3 aliphatic heterocycles. The van der Waals surface area contributed by atoms with Gasteiger partial charge in [0.15, 0.2) is 0 Å². The molecule has 150 valence electrons. The van der Waals surface area contributed by atoms with E-state index in [4.69, 9.17) is 4.74 Å². The van der Waals surface area contributed by atoms with E-state index in [9.17, 15) is 18.0 Å². The molecule has 1 fully saturated rings. The predicted molar refractivity (Wildman–Crippen MR) is 104 cm³/mol. The number of para-hydroxylation sites is 1. The number of hydrogen-bond donors (Lipinski definition) is 0. The van der Waals surface area contributed by atoms with Crippen molar-refractivity contribution in [3.63, 3.8) is 0 Å². The van der Waals surface area contributed by atoms with Gasteiger partial charge in [-0.1, -0.05) is 18.2 Å². The molecular weight excluding hydrogens is 380 g/mol. The minimum Gasteiger partial charge on any atom is -0.450 e. The fraction of sp³-hybridized carbons (Fsp3) is 0.500. The van der Waals surface area contributed by atoms with E-state index in [0.29, 0.717) is 30.5 Å². The van der Waals surface area contributed by atoms with Crippen LogP contribution in [-0.4, -0.2) is 55.6 Å². The number of sulfonamides is 1. The molecule has 1 saturated heterocycles. The van der Waals surface area contributed by atoms with E-state index in [1.807, 2.05) is 24.3 Å². The highest BCUT2D eigenvalue weighted by Gasteiger charge is 2.53. The molecule has 0 bridgehead atoms. The van der Waals surface area contributed by atoms with Crippen molar-refractivity contribution in [1.82, 2.24) is 4.31 Å². The van der Waals surface area contributed by atoms with Crippen LogP contribution >= 0.6 is 0 Å². The number of esters is 1. The number of ether oxygens (including phenoxy) is 1. The highest BCUT2D eigenvalue weighted by atomic mass is 32.2. The first kappa shape index (κ1) is 19.1. The third-order valence-electron chi connectivity index (χ3n) is 6.06. The second-order valence-electron chi connectivity index (χ2n) is 7.52. The number of carbonyl (C=O) groups excluding carboxylic acids is 2. The molecule has 1 aromatic carbocycles. The molecular formula is C20H24N2O5S. The van der Waals surface area contributed by atoms with Gasteiger partial charge in [-0.3, -0.25) is 4.79 Å². The van der Waals surface area contributed by atoms with Crippen molar-refractivity contribution < 1.29 is 22.7 Å². The van der Waals surface area contributed by atoms with Gasteiger partial charge in [-0.05, 0) is 31.9 Å². The fourth-order valence-electron chi connectivity index (χ4n) is 4.45. The summed E-state index contributed by atoms with van der Waals surface area (Å²) in [4.78, 5) is 27.6. The Balaban J connectivity index is 1.64. The number of amides is 1. The Kier molecular flexibility index (Phi) is 4.58. The number of fused-ring (bicyclic) bond motifs is 1. The molecule has 0 unspecified atom stereocenters. The molecule has 3 heterocycles. The Morgan fingerprint density at radius 3 is 2.54 bits per heavy atom. The first-order valence-electron chi connectivity index (χ1n) is 9.61. The van der Waals surface area contributed by atoms with Gasteiger partial charge < -0.3 is 9.64 Å². The van der Waals surface area contributed by atoms with E-state index < -0.39 is 21.6 Å². The van der Waals surface area contributed by atoms with Crippen LogP contribution in [0.4, 0.5) is 5.69 Å². The van der Waals surface area contributed by atoms with Crippen LogP contribution in [0.1, 0.15) is 32.3 Å². The minimum atomic E-state index is -3.31. The quantitative estimate of drug-likeness (QED) is 0.715. The lowest BCUT2D eigenvalue weighted by Gasteiger charge is -2.39. The Bertz CT molecular complexity index is 974. The topological polar surface area (TPSA) is 84.0 Å². The first-order valence-corrected chi connectivity index (χ1v) is 11.2. The number of nitrogens with zero attached hydrogens (tertiary/aromatic N) is 2. The lowest BCUT2D eigenvalue weighted by Crippen LogP contribution is -2.50. The zero-order valence-corrected chi connectivity index (χ0v) is 16.9. The Morgan fingerprint density at radius 2 is 1.86 bits per heavy atom. The van der Waals surface area contributed by atoms with Crippen molar-refractivity contribution in [2.24, 2.45) is 0 Å². The maximum atomic E-state index is 13.5. The summed E-state index contributed by atoms with van der Waals surface area (Å²) in [5.74, 6) is -0.659. The monoisotopic (exact) mass is 404 g/mol. The Labute approximate surface area is 165 Å². The summed E-state index contributed by atoms with van der Waals surface area (Å²) in [6, 6.07) is 7.76. The zero-order valence-electron chi connectivity index (χ0n) is 16.1. The Hall–Kier alpha value is -2.19. The van der Waals surface area contributed by atoms with Gasteiger partial charge in [-0.2, -0.15) is 0 Å². The van der Waals surface area contributed by atoms with E-state index in [1.54, 1.807) is 18.7 Å². The predicted octanol–water partition coefficient (Wildman–Crippen LogP) is 1.63. The number of piperidine rings is 1. The molecule has 0 atom stereocenters. The van der Waals surface area contributed by atoms with Gasteiger partial charge in [0, 0.05) is 43.7 Å². The average Bonchev–Trinajstić information content (AvgIpc) is 3.21. The highest BCUT2D eigenvalue weighted by Crippen LogP contribution is 2.43. The number of carbonyl (C=O) groups is 2.